The molecule has 0 saturated carbocycles. The maximum Gasteiger partial charge on any atom is 0.275 e. The van der Waals surface area contributed by atoms with Crippen molar-refractivity contribution in [1.29, 1.82) is 0 Å². The van der Waals surface area contributed by atoms with Crippen molar-refractivity contribution in [3.8, 4) is 23.7 Å². The maximum absolute atomic E-state index is 12.1. The summed E-state index contributed by atoms with van der Waals surface area (Å²) in [6.45, 7) is -0.369. The molecule has 1 aromatic carbocycles. The summed E-state index contributed by atoms with van der Waals surface area (Å²) in [6.07, 6.45) is -0.790. The Balaban J connectivity index is 2.76. The van der Waals surface area contributed by atoms with E-state index in [1.807, 2.05) is 0 Å². The van der Waals surface area contributed by atoms with E-state index in [1.54, 1.807) is 12.1 Å². The molecule has 3 amide bonds. The second kappa shape index (κ2) is 11.3. The number of hydroxylamine groups is 1. The van der Waals surface area contributed by atoms with Crippen LogP contribution in [0.15, 0.2) is 24.3 Å². The molecule has 2 atom stereocenters. The molecule has 27 heavy (non-hydrogen) atoms. The molecule has 0 radical (unpaired) electrons. The molecule has 0 aliphatic rings. The molecule has 0 heterocycles. The van der Waals surface area contributed by atoms with Crippen molar-refractivity contribution in [2.24, 2.45) is 0 Å². The van der Waals surface area contributed by atoms with Gasteiger partial charge < -0.3 is 20.8 Å². The Morgan fingerprint density at radius 2 is 1.78 bits per heavy atom. The predicted octanol–water partition coefficient (Wildman–Crippen LogP) is -1.87. The Bertz CT molecular complexity index is 782. The summed E-state index contributed by atoms with van der Waals surface area (Å²) in [5.74, 6) is 7.87. The minimum Gasteiger partial charge on any atom is -0.394 e. The topological polar surface area (TPSA) is 148 Å². The predicted molar refractivity (Wildman–Crippen MR) is 94.1 cm³/mol. The summed E-state index contributed by atoms with van der Waals surface area (Å²) in [7, 11) is 1.28. The molecule has 142 valence electrons. The fourth-order valence-electron chi connectivity index (χ4n) is 1.76. The van der Waals surface area contributed by atoms with Crippen molar-refractivity contribution >= 4 is 17.7 Å². The highest BCUT2D eigenvalue weighted by Gasteiger charge is 2.27. The van der Waals surface area contributed by atoms with Gasteiger partial charge in [0.25, 0.3) is 17.7 Å². The Hall–Kier alpha value is -3.37. The summed E-state index contributed by atoms with van der Waals surface area (Å²) < 4.78 is 0. The number of nitrogens with one attached hydrogen (secondary N) is 3. The Kier molecular flexibility index (Phi) is 9.06. The van der Waals surface area contributed by atoms with E-state index in [1.165, 1.54) is 24.7 Å². The standard InChI is InChI=1S/C18H19N3O6/c1-19-17(25)15(18(26)21-27)20-16(24)13-9-7-12(8-10-13)5-3-2-4-6-14(23)11-22/h7-10,14-15,22-23,27H,6,11H2,1H3,(H,19,25)(H,20,24)(H,21,26). The first kappa shape index (κ1) is 21.7. The second-order valence-corrected chi connectivity index (χ2v) is 5.17. The third-order valence-corrected chi connectivity index (χ3v) is 3.21. The number of aliphatic hydroxyl groups excluding tert-OH is 2. The number of likely N-dealkylation sites (N-methyl/N-ethyl adjacent to an activating group) is 1. The van der Waals surface area contributed by atoms with Gasteiger partial charge in [0.1, 0.15) is 0 Å². The molecule has 0 fully saturated rings. The van der Waals surface area contributed by atoms with Gasteiger partial charge in [0.2, 0.25) is 0 Å². The summed E-state index contributed by atoms with van der Waals surface area (Å²) in [6, 6.07) is 4.40. The van der Waals surface area contributed by atoms with Gasteiger partial charge in [-0.1, -0.05) is 11.8 Å². The second-order valence-electron chi connectivity index (χ2n) is 5.17. The SMILES string of the molecule is CNC(=O)C(NC(=O)c1ccc(C#CC#CCC(O)CO)cc1)C(=O)NO. The van der Waals surface area contributed by atoms with Crippen molar-refractivity contribution < 1.29 is 29.8 Å². The smallest absolute Gasteiger partial charge is 0.275 e. The first-order chi connectivity index (χ1) is 12.9. The number of hydrogen-bond acceptors (Lipinski definition) is 6. The van der Waals surface area contributed by atoms with Gasteiger partial charge in [-0.2, -0.15) is 0 Å². The molecule has 1 aromatic rings. The normalized spacial score (nSPS) is 11.6. The summed E-state index contributed by atoms with van der Waals surface area (Å²) in [4.78, 5) is 35.2. The monoisotopic (exact) mass is 373 g/mol. The fraction of sp³-hybridized carbons (Fsp3) is 0.278. The fourth-order valence-corrected chi connectivity index (χ4v) is 1.76. The highest BCUT2D eigenvalue weighted by molar-refractivity contribution is 6.08. The number of rotatable bonds is 6. The van der Waals surface area contributed by atoms with Crippen LogP contribution in [0.5, 0.6) is 0 Å². The molecule has 0 aliphatic carbocycles. The minimum atomic E-state index is -1.59. The summed E-state index contributed by atoms with van der Waals surface area (Å²) >= 11 is 0. The van der Waals surface area contributed by atoms with Crippen LogP contribution in [0.2, 0.25) is 0 Å². The van der Waals surface area contributed by atoms with E-state index in [-0.39, 0.29) is 18.6 Å². The van der Waals surface area contributed by atoms with Gasteiger partial charge in [-0.15, -0.1) is 0 Å². The Labute approximate surface area is 155 Å². The van der Waals surface area contributed by atoms with E-state index < -0.39 is 29.9 Å². The lowest BCUT2D eigenvalue weighted by atomic mass is 10.1. The lowest BCUT2D eigenvalue weighted by Crippen LogP contribution is -2.54. The number of aliphatic hydroxyl groups is 2. The average molecular weight is 373 g/mol. The van der Waals surface area contributed by atoms with Crippen LogP contribution in [-0.4, -0.2) is 58.9 Å². The van der Waals surface area contributed by atoms with Crippen molar-refractivity contribution in [1.82, 2.24) is 16.1 Å². The molecule has 6 N–H and O–H groups in total. The molecule has 0 spiro atoms. The Morgan fingerprint density at radius 1 is 1.11 bits per heavy atom. The molecule has 0 saturated heterocycles. The molecule has 2 unspecified atom stereocenters. The lowest BCUT2D eigenvalue weighted by Gasteiger charge is -2.15. The number of hydrogen-bond donors (Lipinski definition) is 6. The van der Waals surface area contributed by atoms with Gasteiger partial charge in [-0.05, 0) is 36.1 Å². The van der Waals surface area contributed by atoms with Crippen molar-refractivity contribution in [3.05, 3.63) is 35.4 Å². The third kappa shape index (κ3) is 7.18. The molecule has 9 nitrogen and oxygen atoms in total. The highest BCUT2D eigenvalue weighted by atomic mass is 16.5. The van der Waals surface area contributed by atoms with E-state index in [0.29, 0.717) is 5.56 Å². The number of amides is 3. The van der Waals surface area contributed by atoms with Crippen LogP contribution in [0.25, 0.3) is 0 Å². The maximum atomic E-state index is 12.1. The van der Waals surface area contributed by atoms with Gasteiger partial charge in [0.05, 0.1) is 12.7 Å². The van der Waals surface area contributed by atoms with E-state index in [0.717, 1.165) is 0 Å². The van der Waals surface area contributed by atoms with Crippen LogP contribution in [0, 0.1) is 23.7 Å². The zero-order valence-corrected chi connectivity index (χ0v) is 14.4. The van der Waals surface area contributed by atoms with Crippen LogP contribution >= 0.6 is 0 Å². The van der Waals surface area contributed by atoms with E-state index in [4.69, 9.17) is 15.4 Å². The summed E-state index contributed by atoms with van der Waals surface area (Å²) in [5.41, 5.74) is 2.06. The quantitative estimate of drug-likeness (QED) is 0.149. The molecular weight excluding hydrogens is 354 g/mol. The minimum absolute atomic E-state index is 0.109. The van der Waals surface area contributed by atoms with Crippen LogP contribution < -0.4 is 16.1 Å². The number of carbonyl (C=O) groups excluding carboxylic acids is 3. The van der Waals surface area contributed by atoms with Gasteiger partial charge in [-0.25, -0.2) is 5.48 Å². The number of benzene rings is 1. The zero-order valence-electron chi connectivity index (χ0n) is 14.4. The van der Waals surface area contributed by atoms with Gasteiger partial charge >= 0.3 is 0 Å². The summed E-state index contributed by atoms with van der Waals surface area (Å²) in [5, 5.41) is 30.8. The van der Waals surface area contributed by atoms with Crippen molar-refractivity contribution in [3.63, 3.8) is 0 Å². The largest absolute Gasteiger partial charge is 0.394 e. The van der Waals surface area contributed by atoms with Crippen LogP contribution in [0.4, 0.5) is 0 Å². The molecule has 0 bridgehead atoms. The van der Waals surface area contributed by atoms with Gasteiger partial charge in [-0.3, -0.25) is 19.6 Å². The first-order valence-corrected chi connectivity index (χ1v) is 7.77. The Morgan fingerprint density at radius 3 is 2.33 bits per heavy atom. The first-order valence-electron chi connectivity index (χ1n) is 7.77. The van der Waals surface area contributed by atoms with Crippen LogP contribution in [0.1, 0.15) is 22.3 Å². The van der Waals surface area contributed by atoms with Gasteiger partial charge in [0, 0.05) is 24.6 Å². The van der Waals surface area contributed by atoms with Crippen LogP contribution in [-0.2, 0) is 9.59 Å². The van der Waals surface area contributed by atoms with Crippen molar-refractivity contribution in [2.75, 3.05) is 13.7 Å². The lowest BCUT2D eigenvalue weighted by molar-refractivity contribution is -0.137. The van der Waals surface area contributed by atoms with E-state index in [2.05, 4.69) is 34.3 Å². The number of carbonyl (C=O) groups is 3. The molecular formula is C18H19N3O6. The molecule has 0 aliphatic heterocycles. The molecule has 1 rings (SSSR count). The molecule has 0 aromatic heterocycles. The average Bonchev–Trinajstić information content (AvgIpc) is 2.70. The van der Waals surface area contributed by atoms with Crippen LogP contribution in [0.3, 0.4) is 0 Å². The van der Waals surface area contributed by atoms with E-state index >= 15 is 0 Å². The van der Waals surface area contributed by atoms with Crippen molar-refractivity contribution in [2.45, 2.75) is 18.6 Å². The molecule has 9 heteroatoms. The van der Waals surface area contributed by atoms with E-state index in [9.17, 15) is 14.4 Å². The van der Waals surface area contributed by atoms with Gasteiger partial charge in [0.15, 0.2) is 6.04 Å². The third-order valence-electron chi connectivity index (χ3n) is 3.21. The highest BCUT2D eigenvalue weighted by Crippen LogP contribution is 2.04. The zero-order chi connectivity index (χ0) is 20.2.